The quantitative estimate of drug-likeness (QED) is 0.876. The minimum atomic E-state index is -0.269. The second kappa shape index (κ2) is 6.93. The molecule has 2 aliphatic heterocycles. The van der Waals surface area contributed by atoms with Crippen molar-refractivity contribution in [3.8, 4) is 0 Å². The molecule has 3 heterocycles. The van der Waals surface area contributed by atoms with Crippen molar-refractivity contribution >= 4 is 16.8 Å². The molecular formula is C18H22N4O3. The van der Waals surface area contributed by atoms with Gasteiger partial charge in [0.05, 0.1) is 10.9 Å². The third-order valence-electron chi connectivity index (χ3n) is 5.12. The molecular weight excluding hydrogens is 320 g/mol. The molecule has 0 atom stereocenters. The van der Waals surface area contributed by atoms with Crippen LogP contribution in [-0.4, -0.2) is 71.1 Å². The van der Waals surface area contributed by atoms with Crippen LogP contribution in [0.3, 0.4) is 0 Å². The number of hydrogen-bond acceptors (Lipinski definition) is 5. The van der Waals surface area contributed by atoms with E-state index in [0.717, 1.165) is 39.1 Å². The van der Waals surface area contributed by atoms with E-state index >= 15 is 0 Å². The van der Waals surface area contributed by atoms with E-state index in [4.69, 9.17) is 4.74 Å². The first-order valence-electron chi connectivity index (χ1n) is 8.82. The Kier molecular flexibility index (Phi) is 4.50. The number of piperazine rings is 1. The minimum Gasteiger partial charge on any atom is -0.381 e. The molecule has 1 aromatic heterocycles. The second-order valence-electron chi connectivity index (χ2n) is 6.60. The van der Waals surface area contributed by atoms with Gasteiger partial charge in [0, 0.05) is 45.4 Å². The van der Waals surface area contributed by atoms with Gasteiger partial charge in [-0.1, -0.05) is 12.1 Å². The summed E-state index contributed by atoms with van der Waals surface area (Å²) in [7, 11) is 0. The number of aromatic amines is 1. The van der Waals surface area contributed by atoms with E-state index in [1.807, 2.05) is 6.07 Å². The average molecular weight is 342 g/mol. The maximum absolute atomic E-state index is 12.7. The van der Waals surface area contributed by atoms with E-state index < -0.39 is 0 Å². The Morgan fingerprint density at radius 1 is 1.12 bits per heavy atom. The van der Waals surface area contributed by atoms with Crippen molar-refractivity contribution < 1.29 is 9.53 Å². The molecule has 1 amide bonds. The Hall–Kier alpha value is -2.25. The topological polar surface area (TPSA) is 78.5 Å². The Morgan fingerprint density at radius 2 is 1.84 bits per heavy atom. The lowest BCUT2D eigenvalue weighted by Crippen LogP contribution is -2.53. The van der Waals surface area contributed by atoms with Crippen LogP contribution >= 0.6 is 0 Å². The van der Waals surface area contributed by atoms with E-state index in [9.17, 15) is 9.59 Å². The average Bonchev–Trinajstić information content (AvgIpc) is 2.68. The number of ether oxygens (including phenoxy) is 1. The Balaban J connectivity index is 1.46. The number of carbonyl (C=O) groups excluding carboxylic acids is 1. The third kappa shape index (κ3) is 3.29. The number of H-pyrrole nitrogens is 1. The summed E-state index contributed by atoms with van der Waals surface area (Å²) in [6.45, 7) is 4.68. The summed E-state index contributed by atoms with van der Waals surface area (Å²) in [5.41, 5.74) is 0.283. The monoisotopic (exact) mass is 342 g/mol. The number of fused-ring (bicyclic) bond motifs is 1. The van der Waals surface area contributed by atoms with Crippen molar-refractivity contribution in [2.75, 3.05) is 39.4 Å². The molecule has 25 heavy (non-hydrogen) atoms. The lowest BCUT2D eigenvalue weighted by Gasteiger charge is -2.40. The van der Waals surface area contributed by atoms with Gasteiger partial charge in [0.1, 0.15) is 0 Å². The Labute approximate surface area is 145 Å². The first-order chi connectivity index (χ1) is 12.2. The van der Waals surface area contributed by atoms with Crippen LogP contribution in [0.25, 0.3) is 10.9 Å². The molecule has 1 aromatic carbocycles. The number of benzene rings is 1. The molecule has 1 N–H and O–H groups in total. The number of nitrogens with one attached hydrogen (secondary N) is 1. The van der Waals surface area contributed by atoms with Gasteiger partial charge in [-0.05, 0) is 25.0 Å². The smallest absolute Gasteiger partial charge is 0.289 e. The fourth-order valence-electron chi connectivity index (χ4n) is 3.68. The molecule has 132 valence electrons. The number of carbonyl (C=O) groups is 1. The van der Waals surface area contributed by atoms with Gasteiger partial charge in [0.25, 0.3) is 11.5 Å². The lowest BCUT2D eigenvalue weighted by atomic mass is 10.1. The largest absolute Gasteiger partial charge is 0.381 e. The van der Waals surface area contributed by atoms with Gasteiger partial charge in [-0.25, -0.2) is 4.98 Å². The van der Waals surface area contributed by atoms with Gasteiger partial charge in [0.15, 0.2) is 5.82 Å². The van der Waals surface area contributed by atoms with Gasteiger partial charge >= 0.3 is 0 Å². The van der Waals surface area contributed by atoms with Gasteiger partial charge in [0.2, 0.25) is 0 Å². The van der Waals surface area contributed by atoms with Crippen molar-refractivity contribution in [2.24, 2.45) is 0 Å². The summed E-state index contributed by atoms with van der Waals surface area (Å²) in [6, 6.07) is 7.63. The number of para-hydroxylation sites is 1. The normalized spacial score (nSPS) is 20.1. The van der Waals surface area contributed by atoms with Gasteiger partial charge < -0.3 is 14.6 Å². The van der Waals surface area contributed by atoms with Gasteiger partial charge in [-0.3, -0.25) is 14.5 Å². The van der Waals surface area contributed by atoms with Crippen molar-refractivity contribution in [2.45, 2.75) is 18.9 Å². The molecule has 2 saturated heterocycles. The second-order valence-corrected chi connectivity index (χ2v) is 6.60. The van der Waals surface area contributed by atoms with Crippen molar-refractivity contribution in [1.29, 1.82) is 0 Å². The SMILES string of the molecule is O=C(c1nc2ccccc2c(=O)[nH]1)N1CCN(C2CCOCC2)CC1. The van der Waals surface area contributed by atoms with Crippen LogP contribution in [-0.2, 0) is 4.74 Å². The summed E-state index contributed by atoms with van der Waals surface area (Å²) in [4.78, 5) is 36.1. The minimum absolute atomic E-state index is 0.128. The summed E-state index contributed by atoms with van der Waals surface area (Å²) >= 11 is 0. The van der Waals surface area contributed by atoms with Gasteiger partial charge in [-0.15, -0.1) is 0 Å². The highest BCUT2D eigenvalue weighted by Gasteiger charge is 2.28. The highest BCUT2D eigenvalue weighted by molar-refractivity contribution is 5.92. The molecule has 0 radical (unpaired) electrons. The van der Waals surface area contributed by atoms with Crippen LogP contribution < -0.4 is 5.56 Å². The van der Waals surface area contributed by atoms with Crippen LogP contribution in [0.15, 0.2) is 29.1 Å². The first-order valence-corrected chi connectivity index (χ1v) is 8.82. The van der Waals surface area contributed by atoms with Crippen LogP contribution in [0.5, 0.6) is 0 Å². The summed E-state index contributed by atoms with van der Waals surface area (Å²) < 4.78 is 5.42. The number of nitrogens with zero attached hydrogens (tertiary/aromatic N) is 3. The Morgan fingerprint density at radius 3 is 2.60 bits per heavy atom. The van der Waals surface area contributed by atoms with E-state index in [1.165, 1.54) is 0 Å². The van der Waals surface area contributed by atoms with E-state index in [2.05, 4.69) is 14.9 Å². The molecule has 0 saturated carbocycles. The van der Waals surface area contributed by atoms with Crippen LogP contribution in [0.4, 0.5) is 0 Å². The molecule has 7 nitrogen and oxygen atoms in total. The highest BCUT2D eigenvalue weighted by atomic mass is 16.5. The lowest BCUT2D eigenvalue weighted by molar-refractivity contribution is 0.0135. The van der Waals surface area contributed by atoms with Crippen LogP contribution in [0.2, 0.25) is 0 Å². The first kappa shape index (κ1) is 16.2. The molecule has 7 heteroatoms. The molecule has 0 spiro atoms. The van der Waals surface area contributed by atoms with Crippen LogP contribution in [0.1, 0.15) is 23.5 Å². The highest BCUT2D eigenvalue weighted by Crippen LogP contribution is 2.17. The fourth-order valence-corrected chi connectivity index (χ4v) is 3.68. The van der Waals surface area contributed by atoms with Crippen molar-refractivity contribution in [3.63, 3.8) is 0 Å². The molecule has 0 aliphatic carbocycles. The predicted octanol–water partition coefficient (Wildman–Crippen LogP) is 0.860. The van der Waals surface area contributed by atoms with Gasteiger partial charge in [-0.2, -0.15) is 0 Å². The molecule has 4 rings (SSSR count). The van der Waals surface area contributed by atoms with E-state index in [-0.39, 0.29) is 17.3 Å². The van der Waals surface area contributed by atoms with E-state index in [1.54, 1.807) is 23.1 Å². The standard InChI is InChI=1S/C18H22N4O3/c23-17-14-3-1-2-4-15(14)19-16(20-17)18(24)22-9-7-21(8-10-22)13-5-11-25-12-6-13/h1-4,13H,5-12H2,(H,19,20,23). The van der Waals surface area contributed by atoms with E-state index in [0.29, 0.717) is 30.0 Å². The molecule has 0 bridgehead atoms. The number of rotatable bonds is 2. The third-order valence-corrected chi connectivity index (χ3v) is 5.12. The number of aromatic nitrogens is 2. The molecule has 2 aliphatic rings. The zero-order chi connectivity index (χ0) is 17.2. The maximum atomic E-state index is 12.7. The van der Waals surface area contributed by atoms with Crippen molar-refractivity contribution in [3.05, 3.63) is 40.4 Å². The fraction of sp³-hybridized carbons (Fsp3) is 0.500. The maximum Gasteiger partial charge on any atom is 0.289 e. The zero-order valence-electron chi connectivity index (χ0n) is 14.1. The summed E-state index contributed by atoms with van der Waals surface area (Å²) in [6.07, 6.45) is 2.13. The zero-order valence-corrected chi connectivity index (χ0v) is 14.1. The summed E-state index contributed by atoms with van der Waals surface area (Å²) in [5.74, 6) is -0.0716. The van der Waals surface area contributed by atoms with Crippen LogP contribution in [0, 0.1) is 0 Å². The molecule has 2 fully saturated rings. The number of hydrogen-bond donors (Lipinski definition) is 1. The van der Waals surface area contributed by atoms with Crippen molar-refractivity contribution in [1.82, 2.24) is 19.8 Å². The predicted molar refractivity (Wildman–Crippen MR) is 93.7 cm³/mol. The summed E-state index contributed by atoms with van der Waals surface area (Å²) in [5, 5.41) is 0.503. The molecule has 2 aromatic rings. The molecule has 0 unspecified atom stereocenters. The Bertz CT molecular complexity index is 820. The number of amides is 1.